The smallest absolute Gasteiger partial charge is 0.250 e. The van der Waals surface area contributed by atoms with E-state index in [0.717, 1.165) is 25.7 Å². The molecule has 3 aliphatic rings. The zero-order chi connectivity index (χ0) is 25.3. The molecule has 1 aromatic carbocycles. The van der Waals surface area contributed by atoms with Gasteiger partial charge in [-0.15, -0.1) is 0 Å². The van der Waals surface area contributed by atoms with Gasteiger partial charge in [0, 0.05) is 42.7 Å². The van der Waals surface area contributed by atoms with Gasteiger partial charge in [0.25, 0.3) is 5.91 Å². The fourth-order valence-corrected chi connectivity index (χ4v) is 5.77. The van der Waals surface area contributed by atoms with Gasteiger partial charge in [-0.05, 0) is 42.0 Å². The summed E-state index contributed by atoms with van der Waals surface area (Å²) in [6, 6.07) is 11.1. The van der Waals surface area contributed by atoms with Crippen LogP contribution in [-0.2, 0) is 19.7 Å². The van der Waals surface area contributed by atoms with Crippen LogP contribution >= 0.6 is 0 Å². The highest BCUT2D eigenvalue weighted by molar-refractivity contribution is 6.06. The number of amides is 2. The van der Waals surface area contributed by atoms with E-state index < -0.39 is 11.6 Å². The molecule has 0 spiro atoms. The third kappa shape index (κ3) is 4.91. The summed E-state index contributed by atoms with van der Waals surface area (Å²) in [5.41, 5.74) is 1.73. The van der Waals surface area contributed by atoms with Crippen molar-refractivity contribution in [2.75, 3.05) is 18.1 Å². The van der Waals surface area contributed by atoms with E-state index in [-0.39, 0.29) is 29.4 Å². The van der Waals surface area contributed by atoms with Crippen molar-refractivity contribution >= 4 is 17.5 Å². The summed E-state index contributed by atoms with van der Waals surface area (Å²) < 4.78 is 5.87. The molecule has 1 unspecified atom stereocenters. The van der Waals surface area contributed by atoms with Gasteiger partial charge in [0.1, 0.15) is 11.6 Å². The van der Waals surface area contributed by atoms with Crippen LogP contribution in [0.4, 0.5) is 5.69 Å². The predicted molar refractivity (Wildman–Crippen MR) is 140 cm³/mol. The molecule has 3 heterocycles. The second-order valence-electron chi connectivity index (χ2n) is 11.6. The number of ether oxygens (including phenoxy) is 1. The van der Waals surface area contributed by atoms with Crippen molar-refractivity contribution < 1.29 is 14.3 Å². The number of rotatable bonds is 6. The normalized spacial score (nSPS) is 24.9. The van der Waals surface area contributed by atoms with Crippen molar-refractivity contribution in [1.82, 2.24) is 15.6 Å². The third-order valence-corrected chi connectivity index (χ3v) is 7.91. The average Bonchev–Trinajstić information content (AvgIpc) is 3.50. The van der Waals surface area contributed by atoms with Crippen LogP contribution in [-0.4, -0.2) is 47.6 Å². The lowest BCUT2D eigenvalue weighted by atomic mass is 9.87. The number of hydrogen-bond donors (Lipinski definition) is 2. The number of carbonyl (C=O) groups excluding carboxylic acids is 2. The predicted octanol–water partition coefficient (Wildman–Crippen LogP) is 4.03. The molecule has 2 bridgehead atoms. The van der Waals surface area contributed by atoms with E-state index in [1.54, 1.807) is 17.3 Å². The van der Waals surface area contributed by atoms with Gasteiger partial charge >= 0.3 is 0 Å². The summed E-state index contributed by atoms with van der Waals surface area (Å²) in [6.45, 7) is 7.46. The first kappa shape index (κ1) is 24.9. The van der Waals surface area contributed by atoms with Gasteiger partial charge in [0.15, 0.2) is 0 Å². The topological polar surface area (TPSA) is 83.6 Å². The maximum absolute atomic E-state index is 14.4. The van der Waals surface area contributed by atoms with E-state index in [9.17, 15) is 9.59 Å². The average molecular weight is 491 g/mol. The molecule has 5 rings (SSSR count). The third-order valence-electron chi connectivity index (χ3n) is 7.91. The van der Waals surface area contributed by atoms with Crippen LogP contribution in [0, 0.1) is 0 Å². The monoisotopic (exact) mass is 490 g/mol. The van der Waals surface area contributed by atoms with Gasteiger partial charge in [0.05, 0.1) is 12.7 Å². The molecule has 1 aliphatic carbocycles. The number of hydrogen-bond acceptors (Lipinski definition) is 5. The van der Waals surface area contributed by atoms with Crippen molar-refractivity contribution in [2.24, 2.45) is 0 Å². The maximum Gasteiger partial charge on any atom is 0.250 e. The van der Waals surface area contributed by atoms with E-state index in [0.29, 0.717) is 30.8 Å². The molecule has 7 heteroatoms. The molecule has 2 aromatic rings. The number of benzene rings is 1. The lowest BCUT2D eigenvalue weighted by Crippen LogP contribution is -2.60. The fourth-order valence-electron chi connectivity index (χ4n) is 5.77. The number of morpholine rings is 1. The zero-order valence-electron chi connectivity index (χ0n) is 21.6. The summed E-state index contributed by atoms with van der Waals surface area (Å²) >= 11 is 0. The van der Waals surface area contributed by atoms with Crippen molar-refractivity contribution in [2.45, 2.75) is 88.4 Å². The van der Waals surface area contributed by atoms with Crippen molar-refractivity contribution in [1.29, 1.82) is 0 Å². The first-order valence-electron chi connectivity index (χ1n) is 13.3. The number of carbonyl (C=O) groups is 2. The van der Waals surface area contributed by atoms with Gasteiger partial charge < -0.3 is 10.1 Å². The summed E-state index contributed by atoms with van der Waals surface area (Å²) in [5, 5.41) is 6.70. The first-order valence-corrected chi connectivity index (χ1v) is 13.3. The summed E-state index contributed by atoms with van der Waals surface area (Å²) in [7, 11) is 0. The molecule has 192 valence electrons. The summed E-state index contributed by atoms with van der Waals surface area (Å²) in [6.07, 6.45) is 9.42. The van der Waals surface area contributed by atoms with E-state index >= 15 is 0 Å². The number of nitrogens with one attached hydrogen (secondary N) is 2. The van der Waals surface area contributed by atoms with Crippen molar-refractivity contribution in [3.63, 3.8) is 0 Å². The summed E-state index contributed by atoms with van der Waals surface area (Å²) in [5.74, 6) is -0.285. The van der Waals surface area contributed by atoms with E-state index in [4.69, 9.17) is 4.74 Å². The highest BCUT2D eigenvalue weighted by Crippen LogP contribution is 2.38. The largest absolute Gasteiger partial charge is 0.374 e. The van der Waals surface area contributed by atoms with Crippen molar-refractivity contribution in [3.05, 3.63) is 59.9 Å². The quantitative estimate of drug-likeness (QED) is 0.639. The van der Waals surface area contributed by atoms with Crippen LogP contribution in [0.25, 0.3) is 0 Å². The Morgan fingerprint density at radius 3 is 2.44 bits per heavy atom. The molecule has 3 atom stereocenters. The molecule has 3 fully saturated rings. The molecule has 2 N–H and O–H groups in total. The first-order chi connectivity index (χ1) is 17.3. The van der Waals surface area contributed by atoms with E-state index in [2.05, 4.69) is 48.5 Å². The molecule has 36 heavy (non-hydrogen) atoms. The SMILES string of the molecule is CC(C)(C)c1ccc(N(C(=O)[C@@]23CO[C@@H](CN2)C3)C(C(=O)NC2CCCCC2)c2cccnc2)cc1. The minimum atomic E-state index is -0.829. The van der Waals surface area contributed by atoms with Crippen LogP contribution in [0.1, 0.15) is 76.5 Å². The molecular weight excluding hydrogens is 452 g/mol. The van der Waals surface area contributed by atoms with Crippen LogP contribution in [0.15, 0.2) is 48.8 Å². The minimum absolute atomic E-state index is 0.0211. The Labute approximate surface area is 214 Å². The Morgan fingerprint density at radius 2 is 1.89 bits per heavy atom. The second-order valence-corrected chi connectivity index (χ2v) is 11.6. The molecule has 1 aromatic heterocycles. The molecule has 1 saturated carbocycles. The lowest BCUT2D eigenvalue weighted by Gasteiger charge is -2.38. The van der Waals surface area contributed by atoms with Crippen LogP contribution < -0.4 is 15.5 Å². The van der Waals surface area contributed by atoms with Gasteiger partial charge in [-0.1, -0.05) is 58.2 Å². The van der Waals surface area contributed by atoms with Gasteiger partial charge in [-0.25, -0.2) is 0 Å². The zero-order valence-corrected chi connectivity index (χ0v) is 21.6. The van der Waals surface area contributed by atoms with Gasteiger partial charge in [-0.2, -0.15) is 0 Å². The number of nitrogens with zero attached hydrogens (tertiary/aromatic N) is 2. The fraction of sp³-hybridized carbons (Fsp3) is 0.552. The van der Waals surface area contributed by atoms with E-state index in [1.807, 2.05) is 24.3 Å². The Bertz CT molecular complexity index is 1070. The molecular formula is C29H38N4O3. The number of fused-ring (bicyclic) bond motifs is 2. The van der Waals surface area contributed by atoms with Crippen LogP contribution in [0.2, 0.25) is 0 Å². The Morgan fingerprint density at radius 1 is 1.14 bits per heavy atom. The van der Waals surface area contributed by atoms with Gasteiger partial charge in [0.2, 0.25) is 5.91 Å². The molecule has 2 aliphatic heterocycles. The lowest BCUT2D eigenvalue weighted by molar-refractivity contribution is -0.130. The Kier molecular flexibility index (Phi) is 6.88. The maximum atomic E-state index is 14.4. The standard InChI is InChI=1S/C29H38N4O3/c1-28(2,3)21-11-13-23(14-12-21)33(27(35)29-16-24(18-31-29)36-19-29)25(20-8-7-15-30-17-20)26(34)32-22-9-5-4-6-10-22/h7-8,11-15,17,22,24-25,31H,4-6,9-10,16,18-19H2,1-3H3,(H,32,34)/t24-,25?,29-/m1/s1. The Hall–Kier alpha value is -2.77. The Balaban J connectivity index is 1.56. The minimum Gasteiger partial charge on any atom is -0.374 e. The molecule has 2 amide bonds. The van der Waals surface area contributed by atoms with Crippen molar-refractivity contribution in [3.8, 4) is 0 Å². The highest BCUT2D eigenvalue weighted by Gasteiger charge is 2.54. The second kappa shape index (κ2) is 9.94. The highest BCUT2D eigenvalue weighted by atomic mass is 16.5. The molecule has 0 radical (unpaired) electrons. The number of aromatic nitrogens is 1. The number of pyridine rings is 1. The number of anilines is 1. The van der Waals surface area contributed by atoms with Gasteiger partial charge in [-0.3, -0.25) is 24.8 Å². The van der Waals surface area contributed by atoms with Crippen LogP contribution in [0.3, 0.4) is 0 Å². The summed E-state index contributed by atoms with van der Waals surface area (Å²) in [4.78, 5) is 34.4. The molecule has 7 nitrogen and oxygen atoms in total. The molecule has 2 saturated heterocycles. The van der Waals surface area contributed by atoms with Crippen LogP contribution in [0.5, 0.6) is 0 Å². The van der Waals surface area contributed by atoms with E-state index in [1.165, 1.54) is 12.0 Å².